The summed E-state index contributed by atoms with van der Waals surface area (Å²) in [5, 5.41) is 2.18. The number of thiophene rings is 1. The van der Waals surface area contributed by atoms with E-state index in [9.17, 15) is 13.6 Å². The van der Waals surface area contributed by atoms with Crippen molar-refractivity contribution < 1.29 is 13.6 Å². The number of rotatable bonds is 5. The van der Waals surface area contributed by atoms with E-state index in [0.29, 0.717) is 4.34 Å². The SMILES string of the molecule is CC(C(=O)NCC(F)(F)CN)c1ccc(Cl)s1.Cl. The molecule has 0 bridgehead atoms. The predicted octanol–water partition coefficient (Wildman–Crippen LogP) is 2.64. The van der Waals surface area contributed by atoms with Gasteiger partial charge >= 0.3 is 0 Å². The number of carbonyl (C=O) groups is 1. The molecule has 18 heavy (non-hydrogen) atoms. The summed E-state index contributed by atoms with van der Waals surface area (Å²) >= 11 is 6.99. The summed E-state index contributed by atoms with van der Waals surface area (Å²) in [7, 11) is 0. The van der Waals surface area contributed by atoms with Crippen LogP contribution in [-0.2, 0) is 4.79 Å². The number of alkyl halides is 2. The molecular formula is C10H14Cl2F2N2OS. The Morgan fingerprint density at radius 3 is 2.67 bits per heavy atom. The van der Waals surface area contributed by atoms with E-state index < -0.39 is 30.8 Å². The van der Waals surface area contributed by atoms with Gasteiger partial charge in [-0.15, -0.1) is 23.7 Å². The highest BCUT2D eigenvalue weighted by molar-refractivity contribution is 7.16. The Kier molecular flexibility index (Phi) is 7.06. The molecule has 0 aliphatic rings. The maximum absolute atomic E-state index is 12.8. The summed E-state index contributed by atoms with van der Waals surface area (Å²) in [5.41, 5.74) is 4.87. The molecule has 0 fully saturated rings. The third-order valence-corrected chi connectivity index (χ3v) is 3.65. The van der Waals surface area contributed by atoms with E-state index >= 15 is 0 Å². The van der Waals surface area contributed by atoms with Crippen molar-refractivity contribution in [2.45, 2.75) is 18.8 Å². The molecule has 0 aliphatic carbocycles. The first-order valence-corrected chi connectivity index (χ1v) is 6.16. The fraction of sp³-hybridized carbons (Fsp3) is 0.500. The highest BCUT2D eigenvalue weighted by atomic mass is 35.5. The van der Waals surface area contributed by atoms with Gasteiger partial charge < -0.3 is 11.1 Å². The maximum Gasteiger partial charge on any atom is 0.277 e. The fourth-order valence-electron chi connectivity index (χ4n) is 1.13. The third-order valence-electron chi connectivity index (χ3n) is 2.23. The molecule has 3 N–H and O–H groups in total. The van der Waals surface area contributed by atoms with Gasteiger partial charge in [-0.2, -0.15) is 0 Å². The molecular weight excluding hydrogens is 305 g/mol. The summed E-state index contributed by atoms with van der Waals surface area (Å²) in [6.45, 7) is 0.107. The molecule has 0 spiro atoms. The predicted molar refractivity (Wildman–Crippen MR) is 72.0 cm³/mol. The third kappa shape index (κ3) is 5.06. The summed E-state index contributed by atoms with van der Waals surface area (Å²) in [4.78, 5) is 12.3. The highest BCUT2D eigenvalue weighted by Gasteiger charge is 2.28. The second kappa shape index (κ2) is 7.23. The summed E-state index contributed by atoms with van der Waals surface area (Å²) in [6.07, 6.45) is 0. The molecule has 1 amide bonds. The molecule has 0 saturated carbocycles. The Balaban J connectivity index is 0.00000289. The maximum atomic E-state index is 12.8. The van der Waals surface area contributed by atoms with Gasteiger partial charge in [-0.3, -0.25) is 4.79 Å². The lowest BCUT2D eigenvalue weighted by Gasteiger charge is -2.16. The van der Waals surface area contributed by atoms with Gasteiger partial charge in [0.25, 0.3) is 5.92 Å². The number of amides is 1. The number of halogens is 4. The Morgan fingerprint density at radius 2 is 2.22 bits per heavy atom. The van der Waals surface area contributed by atoms with Crippen molar-refractivity contribution in [3.05, 3.63) is 21.3 Å². The van der Waals surface area contributed by atoms with Crippen LogP contribution in [0, 0.1) is 0 Å². The molecule has 1 aromatic rings. The van der Waals surface area contributed by atoms with Gasteiger partial charge in [0.15, 0.2) is 0 Å². The zero-order valence-electron chi connectivity index (χ0n) is 9.58. The van der Waals surface area contributed by atoms with Crippen molar-refractivity contribution in [2.24, 2.45) is 5.73 Å². The quantitative estimate of drug-likeness (QED) is 0.877. The van der Waals surface area contributed by atoms with E-state index in [1.54, 1.807) is 19.1 Å². The van der Waals surface area contributed by atoms with Crippen LogP contribution in [-0.4, -0.2) is 24.9 Å². The van der Waals surface area contributed by atoms with Gasteiger partial charge in [-0.05, 0) is 19.1 Å². The number of nitrogens with two attached hydrogens (primary N) is 1. The van der Waals surface area contributed by atoms with Crippen LogP contribution in [0.2, 0.25) is 4.34 Å². The van der Waals surface area contributed by atoms with Crippen LogP contribution in [0.1, 0.15) is 17.7 Å². The minimum Gasteiger partial charge on any atom is -0.349 e. The lowest BCUT2D eigenvalue weighted by molar-refractivity contribution is -0.123. The number of nitrogens with one attached hydrogen (secondary N) is 1. The van der Waals surface area contributed by atoms with E-state index in [4.69, 9.17) is 17.3 Å². The molecule has 1 rings (SSSR count). The molecule has 104 valence electrons. The lowest BCUT2D eigenvalue weighted by atomic mass is 10.1. The second-order valence-electron chi connectivity index (χ2n) is 3.64. The zero-order chi connectivity index (χ0) is 13.1. The topological polar surface area (TPSA) is 55.1 Å². The molecule has 0 saturated heterocycles. The van der Waals surface area contributed by atoms with E-state index in [2.05, 4.69) is 5.32 Å². The van der Waals surface area contributed by atoms with Gasteiger partial charge in [0.2, 0.25) is 5.91 Å². The Labute approximate surface area is 119 Å². The summed E-state index contributed by atoms with van der Waals surface area (Å²) in [5.74, 6) is -4.03. The van der Waals surface area contributed by atoms with Crippen molar-refractivity contribution in [1.82, 2.24) is 5.32 Å². The van der Waals surface area contributed by atoms with Crippen molar-refractivity contribution in [3.8, 4) is 0 Å². The second-order valence-corrected chi connectivity index (χ2v) is 5.39. The number of carbonyl (C=O) groups excluding carboxylic acids is 1. The van der Waals surface area contributed by atoms with Gasteiger partial charge in [-0.25, -0.2) is 8.78 Å². The van der Waals surface area contributed by atoms with Crippen LogP contribution >= 0.6 is 35.3 Å². The molecule has 0 radical (unpaired) electrons. The first-order chi connectivity index (χ1) is 7.85. The van der Waals surface area contributed by atoms with Crippen LogP contribution in [0.5, 0.6) is 0 Å². The van der Waals surface area contributed by atoms with Gasteiger partial charge in [0.05, 0.1) is 23.3 Å². The van der Waals surface area contributed by atoms with Crippen molar-refractivity contribution in [1.29, 1.82) is 0 Å². The fourth-order valence-corrected chi connectivity index (χ4v) is 2.24. The minimum absolute atomic E-state index is 0. The van der Waals surface area contributed by atoms with Gasteiger partial charge in [-0.1, -0.05) is 11.6 Å². The van der Waals surface area contributed by atoms with E-state index in [1.807, 2.05) is 0 Å². The summed E-state index contributed by atoms with van der Waals surface area (Å²) < 4.78 is 26.2. The first-order valence-electron chi connectivity index (χ1n) is 4.96. The van der Waals surface area contributed by atoms with Gasteiger partial charge in [0.1, 0.15) is 0 Å². The van der Waals surface area contributed by atoms with Crippen LogP contribution in [0.4, 0.5) is 8.78 Å². The van der Waals surface area contributed by atoms with E-state index in [-0.39, 0.29) is 12.4 Å². The van der Waals surface area contributed by atoms with Crippen LogP contribution in [0.25, 0.3) is 0 Å². The molecule has 0 aromatic carbocycles. The van der Waals surface area contributed by atoms with E-state index in [1.165, 1.54) is 11.3 Å². The average Bonchev–Trinajstić information content (AvgIpc) is 2.72. The zero-order valence-corrected chi connectivity index (χ0v) is 12.0. The molecule has 8 heteroatoms. The summed E-state index contributed by atoms with van der Waals surface area (Å²) in [6, 6.07) is 3.37. The number of hydrogen-bond donors (Lipinski definition) is 2. The smallest absolute Gasteiger partial charge is 0.277 e. The first kappa shape index (κ1) is 17.6. The molecule has 1 atom stereocenters. The Hall–Kier alpha value is -0.430. The minimum atomic E-state index is -3.07. The standard InChI is InChI=1S/C10H13ClF2N2OS.ClH/c1-6(7-2-3-8(11)17-7)9(16)15-5-10(12,13)4-14;/h2-3,6H,4-5,14H2,1H3,(H,15,16);1H. The molecule has 1 aromatic heterocycles. The number of hydrogen-bond acceptors (Lipinski definition) is 3. The van der Waals surface area contributed by atoms with E-state index in [0.717, 1.165) is 4.88 Å². The van der Waals surface area contributed by atoms with Gasteiger partial charge in [0, 0.05) is 4.88 Å². The average molecular weight is 319 g/mol. The van der Waals surface area contributed by atoms with Crippen molar-refractivity contribution in [2.75, 3.05) is 13.1 Å². The van der Waals surface area contributed by atoms with Crippen LogP contribution in [0.15, 0.2) is 12.1 Å². The normalized spacial score (nSPS) is 12.7. The van der Waals surface area contributed by atoms with Crippen LogP contribution in [0.3, 0.4) is 0 Å². The monoisotopic (exact) mass is 318 g/mol. The Bertz CT molecular complexity index is 401. The van der Waals surface area contributed by atoms with Crippen LogP contribution < -0.4 is 11.1 Å². The largest absolute Gasteiger partial charge is 0.349 e. The lowest BCUT2D eigenvalue weighted by Crippen LogP contribution is -2.42. The van der Waals surface area contributed by atoms with Crippen molar-refractivity contribution >= 4 is 41.3 Å². The highest BCUT2D eigenvalue weighted by Crippen LogP contribution is 2.28. The molecule has 1 unspecified atom stereocenters. The molecule has 3 nitrogen and oxygen atoms in total. The molecule has 1 heterocycles. The Morgan fingerprint density at radius 1 is 1.61 bits per heavy atom. The molecule has 0 aliphatic heterocycles. The van der Waals surface area contributed by atoms with Crippen molar-refractivity contribution in [3.63, 3.8) is 0 Å².